The molecule has 2 unspecified atom stereocenters. The number of nitrogens with one attached hydrogen (secondary N) is 1. The zero-order valence-corrected chi connectivity index (χ0v) is 11.5. The van der Waals surface area contributed by atoms with Gasteiger partial charge in [0.15, 0.2) is 0 Å². The third kappa shape index (κ3) is 3.67. The van der Waals surface area contributed by atoms with E-state index in [1.807, 2.05) is 4.90 Å². The van der Waals surface area contributed by atoms with Gasteiger partial charge in [0, 0.05) is 32.2 Å². The summed E-state index contributed by atoms with van der Waals surface area (Å²) in [5, 5.41) is 3.27. The maximum Gasteiger partial charge on any atom is 0.225 e. The Morgan fingerprint density at radius 1 is 1.50 bits per heavy atom. The van der Waals surface area contributed by atoms with Crippen molar-refractivity contribution in [3.05, 3.63) is 0 Å². The number of nitrogens with zero attached hydrogens (tertiary/aromatic N) is 2. The second kappa shape index (κ2) is 6.50. The van der Waals surface area contributed by atoms with E-state index in [-0.39, 0.29) is 12.0 Å². The van der Waals surface area contributed by atoms with Crippen molar-refractivity contribution in [2.24, 2.45) is 0 Å². The van der Waals surface area contributed by atoms with Crippen LogP contribution in [0, 0.1) is 0 Å². The molecule has 0 radical (unpaired) electrons. The van der Waals surface area contributed by atoms with Crippen LogP contribution in [0.15, 0.2) is 0 Å². The standard InChI is InChI=1S/C13H25N3O2/c1-15(2)11-4-3-6-16(10-11)13(17)8-12-9-14-5-7-18-12/h11-12,14H,3-10H2,1-2H3. The SMILES string of the molecule is CN(C)C1CCCN(C(=O)CC2CNCCO2)C1. The number of rotatable bonds is 3. The molecule has 0 saturated carbocycles. The van der Waals surface area contributed by atoms with Gasteiger partial charge >= 0.3 is 0 Å². The number of likely N-dealkylation sites (tertiary alicyclic amines) is 1. The van der Waals surface area contributed by atoms with Crippen molar-refractivity contribution in [1.82, 2.24) is 15.1 Å². The lowest BCUT2D eigenvalue weighted by molar-refractivity contribution is -0.136. The van der Waals surface area contributed by atoms with Crippen LogP contribution in [0.2, 0.25) is 0 Å². The number of ether oxygens (including phenoxy) is 1. The molecule has 1 amide bonds. The van der Waals surface area contributed by atoms with Crippen LogP contribution in [0.25, 0.3) is 0 Å². The van der Waals surface area contributed by atoms with Crippen molar-refractivity contribution < 1.29 is 9.53 Å². The molecule has 0 aromatic heterocycles. The van der Waals surface area contributed by atoms with Crippen LogP contribution in [-0.2, 0) is 9.53 Å². The van der Waals surface area contributed by atoms with Crippen molar-refractivity contribution >= 4 is 5.91 Å². The maximum absolute atomic E-state index is 12.2. The fourth-order valence-electron chi connectivity index (χ4n) is 2.68. The first-order chi connectivity index (χ1) is 8.66. The van der Waals surface area contributed by atoms with E-state index in [0.29, 0.717) is 12.5 Å². The van der Waals surface area contributed by atoms with Crippen molar-refractivity contribution in [2.75, 3.05) is 46.9 Å². The van der Waals surface area contributed by atoms with E-state index < -0.39 is 0 Å². The van der Waals surface area contributed by atoms with Gasteiger partial charge in [-0.15, -0.1) is 0 Å². The third-order valence-corrected chi connectivity index (χ3v) is 3.89. The molecule has 1 N–H and O–H groups in total. The molecule has 0 aromatic carbocycles. The van der Waals surface area contributed by atoms with Crippen LogP contribution in [0.3, 0.4) is 0 Å². The zero-order chi connectivity index (χ0) is 13.0. The Kier molecular flexibility index (Phi) is 4.97. The van der Waals surface area contributed by atoms with Gasteiger partial charge in [-0.05, 0) is 26.9 Å². The first-order valence-corrected chi connectivity index (χ1v) is 6.93. The molecule has 5 nitrogen and oxygen atoms in total. The molecular weight excluding hydrogens is 230 g/mol. The van der Waals surface area contributed by atoms with Crippen molar-refractivity contribution in [1.29, 1.82) is 0 Å². The summed E-state index contributed by atoms with van der Waals surface area (Å²) in [7, 11) is 4.18. The minimum Gasteiger partial charge on any atom is -0.375 e. The highest BCUT2D eigenvalue weighted by molar-refractivity contribution is 5.76. The molecule has 104 valence electrons. The molecular formula is C13H25N3O2. The van der Waals surface area contributed by atoms with E-state index >= 15 is 0 Å². The Morgan fingerprint density at radius 2 is 2.33 bits per heavy atom. The Balaban J connectivity index is 1.80. The van der Waals surface area contributed by atoms with E-state index in [1.54, 1.807) is 0 Å². The van der Waals surface area contributed by atoms with Crippen LogP contribution in [0.1, 0.15) is 19.3 Å². The predicted octanol–water partition coefficient (Wildman–Crippen LogP) is -0.0825. The normalized spacial score (nSPS) is 29.6. The summed E-state index contributed by atoms with van der Waals surface area (Å²) in [6.45, 7) is 4.20. The van der Waals surface area contributed by atoms with Gasteiger partial charge in [-0.3, -0.25) is 4.79 Å². The van der Waals surface area contributed by atoms with Crippen LogP contribution < -0.4 is 5.32 Å². The van der Waals surface area contributed by atoms with E-state index in [1.165, 1.54) is 6.42 Å². The molecule has 5 heteroatoms. The Bertz CT molecular complexity index is 277. The van der Waals surface area contributed by atoms with Gasteiger partial charge in [0.1, 0.15) is 0 Å². The number of piperidine rings is 1. The lowest BCUT2D eigenvalue weighted by Gasteiger charge is -2.37. The summed E-state index contributed by atoms with van der Waals surface area (Å²) in [5.74, 6) is 0.246. The van der Waals surface area contributed by atoms with Gasteiger partial charge in [0.2, 0.25) is 5.91 Å². The van der Waals surface area contributed by atoms with Gasteiger partial charge in [-0.25, -0.2) is 0 Å². The Hall–Kier alpha value is -0.650. The van der Waals surface area contributed by atoms with Crippen LogP contribution in [-0.4, -0.2) is 74.7 Å². The lowest BCUT2D eigenvalue weighted by atomic mass is 10.0. The number of hydrogen-bond acceptors (Lipinski definition) is 4. The van der Waals surface area contributed by atoms with E-state index in [0.717, 1.165) is 39.2 Å². The molecule has 2 rings (SSSR count). The lowest BCUT2D eigenvalue weighted by Crippen LogP contribution is -2.49. The molecule has 2 saturated heterocycles. The summed E-state index contributed by atoms with van der Waals surface area (Å²) >= 11 is 0. The van der Waals surface area contributed by atoms with Gasteiger partial charge in [0.25, 0.3) is 0 Å². The smallest absolute Gasteiger partial charge is 0.225 e. The molecule has 2 atom stereocenters. The topological polar surface area (TPSA) is 44.8 Å². The van der Waals surface area contributed by atoms with Gasteiger partial charge in [-0.1, -0.05) is 0 Å². The van der Waals surface area contributed by atoms with E-state index in [4.69, 9.17) is 4.74 Å². The molecule has 2 heterocycles. The quantitative estimate of drug-likeness (QED) is 0.766. The summed E-state index contributed by atoms with van der Waals surface area (Å²) < 4.78 is 5.59. The second-order valence-corrected chi connectivity index (χ2v) is 5.50. The average molecular weight is 255 g/mol. The highest BCUT2D eigenvalue weighted by atomic mass is 16.5. The van der Waals surface area contributed by atoms with E-state index in [9.17, 15) is 4.79 Å². The number of hydrogen-bond donors (Lipinski definition) is 1. The molecule has 18 heavy (non-hydrogen) atoms. The van der Waals surface area contributed by atoms with Crippen molar-refractivity contribution in [2.45, 2.75) is 31.4 Å². The Labute approximate surface area is 109 Å². The molecule has 2 aliphatic heterocycles. The number of morpholine rings is 1. The van der Waals surface area contributed by atoms with Gasteiger partial charge in [0.05, 0.1) is 19.1 Å². The number of carbonyl (C=O) groups excluding carboxylic acids is 1. The highest BCUT2D eigenvalue weighted by Gasteiger charge is 2.27. The summed E-state index contributed by atoms with van der Waals surface area (Å²) in [4.78, 5) is 16.5. The fraction of sp³-hybridized carbons (Fsp3) is 0.923. The summed E-state index contributed by atoms with van der Waals surface area (Å²) in [5.41, 5.74) is 0. The van der Waals surface area contributed by atoms with Crippen LogP contribution >= 0.6 is 0 Å². The highest BCUT2D eigenvalue weighted by Crippen LogP contribution is 2.15. The van der Waals surface area contributed by atoms with Gasteiger partial charge in [-0.2, -0.15) is 0 Å². The second-order valence-electron chi connectivity index (χ2n) is 5.50. The molecule has 2 aliphatic rings. The molecule has 0 spiro atoms. The van der Waals surface area contributed by atoms with Crippen LogP contribution in [0.4, 0.5) is 0 Å². The van der Waals surface area contributed by atoms with Crippen molar-refractivity contribution in [3.8, 4) is 0 Å². The first kappa shape index (κ1) is 13.8. The van der Waals surface area contributed by atoms with Crippen LogP contribution in [0.5, 0.6) is 0 Å². The zero-order valence-electron chi connectivity index (χ0n) is 11.5. The average Bonchev–Trinajstić information content (AvgIpc) is 2.40. The number of carbonyl (C=O) groups is 1. The predicted molar refractivity (Wildman–Crippen MR) is 70.5 cm³/mol. The third-order valence-electron chi connectivity index (χ3n) is 3.89. The monoisotopic (exact) mass is 255 g/mol. The summed E-state index contributed by atoms with van der Waals surface area (Å²) in [6, 6.07) is 0.507. The molecule has 2 fully saturated rings. The van der Waals surface area contributed by atoms with Gasteiger partial charge < -0.3 is 19.9 Å². The fourth-order valence-corrected chi connectivity index (χ4v) is 2.68. The minimum absolute atomic E-state index is 0.0611. The minimum atomic E-state index is 0.0611. The molecule has 0 aromatic rings. The molecule has 0 bridgehead atoms. The largest absolute Gasteiger partial charge is 0.375 e. The first-order valence-electron chi connectivity index (χ1n) is 6.93. The number of likely N-dealkylation sites (N-methyl/N-ethyl adjacent to an activating group) is 1. The number of amides is 1. The van der Waals surface area contributed by atoms with Crippen molar-refractivity contribution in [3.63, 3.8) is 0 Å². The van der Waals surface area contributed by atoms with E-state index in [2.05, 4.69) is 24.3 Å². The Morgan fingerprint density at radius 3 is 3.00 bits per heavy atom. The molecule has 0 aliphatic carbocycles. The maximum atomic E-state index is 12.2. The summed E-state index contributed by atoms with van der Waals surface area (Å²) in [6.07, 6.45) is 2.88.